The van der Waals surface area contributed by atoms with Gasteiger partial charge >= 0.3 is 0 Å². The van der Waals surface area contributed by atoms with Crippen molar-refractivity contribution in [3.63, 3.8) is 0 Å². The van der Waals surface area contributed by atoms with Crippen molar-refractivity contribution in [3.05, 3.63) is 35.4 Å². The third kappa shape index (κ3) is 2.99. The minimum absolute atomic E-state index is 0.166. The van der Waals surface area contributed by atoms with Gasteiger partial charge in [0, 0.05) is 20.0 Å². The molecule has 2 rings (SSSR count). The Morgan fingerprint density at radius 1 is 1.33 bits per heavy atom. The van der Waals surface area contributed by atoms with Crippen molar-refractivity contribution in [2.24, 2.45) is 0 Å². The molecule has 1 aliphatic rings. The Kier molecular flexibility index (Phi) is 4.15. The van der Waals surface area contributed by atoms with E-state index in [1.54, 1.807) is 14.2 Å². The molecule has 0 amide bonds. The molecule has 96 valence electrons. The van der Waals surface area contributed by atoms with Gasteiger partial charge in [0.1, 0.15) is 5.75 Å². The van der Waals surface area contributed by atoms with E-state index in [1.807, 2.05) is 30.3 Å². The molecule has 1 aromatic carbocycles. The van der Waals surface area contributed by atoms with Crippen LogP contribution in [0.2, 0.25) is 0 Å². The van der Waals surface area contributed by atoms with Crippen LogP contribution in [0, 0.1) is 0 Å². The maximum atomic E-state index is 11.9. The monoisotopic (exact) mass is 246 g/mol. The van der Waals surface area contributed by atoms with E-state index in [9.17, 15) is 4.79 Å². The standard InChI is InChI=1S/C15H18O3/c1-17-13-5-3-4-11(9-13)8-12-10-14(18-2)6-7-15(12)16/h3-5,8-9,14H,6-7,10H2,1-2H3/b12-8-. The van der Waals surface area contributed by atoms with Crippen LogP contribution in [0.25, 0.3) is 6.08 Å². The van der Waals surface area contributed by atoms with E-state index in [2.05, 4.69) is 0 Å². The maximum absolute atomic E-state index is 11.9. The van der Waals surface area contributed by atoms with E-state index >= 15 is 0 Å². The predicted octanol–water partition coefficient (Wildman–Crippen LogP) is 2.85. The first-order valence-corrected chi connectivity index (χ1v) is 6.13. The summed E-state index contributed by atoms with van der Waals surface area (Å²) in [4.78, 5) is 11.9. The van der Waals surface area contributed by atoms with Crippen molar-refractivity contribution in [1.29, 1.82) is 0 Å². The average molecular weight is 246 g/mol. The topological polar surface area (TPSA) is 35.5 Å². The first-order valence-electron chi connectivity index (χ1n) is 6.13. The molecule has 0 aliphatic heterocycles. The lowest BCUT2D eigenvalue weighted by molar-refractivity contribution is -0.117. The average Bonchev–Trinajstić information content (AvgIpc) is 2.41. The van der Waals surface area contributed by atoms with Crippen LogP contribution in [0.15, 0.2) is 29.8 Å². The van der Waals surface area contributed by atoms with Gasteiger partial charge in [-0.3, -0.25) is 4.79 Å². The Morgan fingerprint density at radius 3 is 2.89 bits per heavy atom. The fourth-order valence-electron chi connectivity index (χ4n) is 2.19. The SMILES string of the molecule is COc1cccc(/C=C2/CC(OC)CCC2=O)c1. The van der Waals surface area contributed by atoms with Gasteiger partial charge in [0.15, 0.2) is 5.78 Å². The van der Waals surface area contributed by atoms with Crippen LogP contribution in [0.5, 0.6) is 5.75 Å². The first kappa shape index (κ1) is 12.8. The largest absolute Gasteiger partial charge is 0.497 e. The van der Waals surface area contributed by atoms with E-state index in [-0.39, 0.29) is 11.9 Å². The second kappa shape index (κ2) is 5.83. The molecule has 18 heavy (non-hydrogen) atoms. The molecule has 0 radical (unpaired) electrons. The Morgan fingerprint density at radius 2 is 2.17 bits per heavy atom. The van der Waals surface area contributed by atoms with Crippen LogP contribution in [-0.2, 0) is 9.53 Å². The smallest absolute Gasteiger partial charge is 0.159 e. The number of methoxy groups -OCH3 is 2. The Balaban J connectivity index is 2.21. The number of hydrogen-bond acceptors (Lipinski definition) is 3. The van der Waals surface area contributed by atoms with E-state index in [0.717, 1.165) is 23.3 Å². The van der Waals surface area contributed by atoms with Gasteiger partial charge < -0.3 is 9.47 Å². The minimum atomic E-state index is 0.166. The molecule has 1 saturated carbocycles. The second-order valence-electron chi connectivity index (χ2n) is 4.47. The van der Waals surface area contributed by atoms with Gasteiger partial charge in [-0.15, -0.1) is 0 Å². The maximum Gasteiger partial charge on any atom is 0.159 e. The predicted molar refractivity (Wildman–Crippen MR) is 70.6 cm³/mol. The Hall–Kier alpha value is -1.61. The highest BCUT2D eigenvalue weighted by Crippen LogP contribution is 2.25. The lowest BCUT2D eigenvalue weighted by Crippen LogP contribution is -2.22. The molecule has 1 atom stereocenters. The van der Waals surface area contributed by atoms with E-state index in [0.29, 0.717) is 12.8 Å². The summed E-state index contributed by atoms with van der Waals surface area (Å²) < 4.78 is 10.5. The molecule has 0 saturated heterocycles. The van der Waals surface area contributed by atoms with Crippen molar-refractivity contribution >= 4 is 11.9 Å². The molecule has 3 heteroatoms. The van der Waals surface area contributed by atoms with Gasteiger partial charge in [-0.2, -0.15) is 0 Å². The number of ether oxygens (including phenoxy) is 2. The zero-order valence-electron chi connectivity index (χ0n) is 10.8. The minimum Gasteiger partial charge on any atom is -0.497 e. The van der Waals surface area contributed by atoms with Crippen LogP contribution in [-0.4, -0.2) is 26.1 Å². The van der Waals surface area contributed by atoms with Crippen LogP contribution < -0.4 is 4.74 Å². The first-order chi connectivity index (χ1) is 8.72. The van der Waals surface area contributed by atoms with Crippen LogP contribution in [0.3, 0.4) is 0 Å². The van der Waals surface area contributed by atoms with Crippen molar-refractivity contribution < 1.29 is 14.3 Å². The number of Topliss-reactive ketones (excluding diaryl/α,β-unsaturated/α-hetero) is 1. The molecule has 0 aromatic heterocycles. The van der Waals surface area contributed by atoms with E-state index < -0.39 is 0 Å². The highest BCUT2D eigenvalue weighted by molar-refractivity contribution is 6.00. The van der Waals surface area contributed by atoms with Gasteiger partial charge in [-0.1, -0.05) is 12.1 Å². The molecular formula is C15H18O3. The van der Waals surface area contributed by atoms with Crippen LogP contribution in [0.4, 0.5) is 0 Å². The van der Waals surface area contributed by atoms with Crippen molar-refractivity contribution in [2.75, 3.05) is 14.2 Å². The third-order valence-corrected chi connectivity index (χ3v) is 3.27. The normalized spacial score (nSPS) is 22.2. The number of hydrogen-bond donors (Lipinski definition) is 0. The molecule has 3 nitrogen and oxygen atoms in total. The van der Waals surface area contributed by atoms with Crippen LogP contribution >= 0.6 is 0 Å². The summed E-state index contributed by atoms with van der Waals surface area (Å²) in [6.07, 6.45) is 4.21. The highest BCUT2D eigenvalue weighted by atomic mass is 16.5. The van der Waals surface area contributed by atoms with E-state index in [1.165, 1.54) is 0 Å². The fourth-order valence-corrected chi connectivity index (χ4v) is 2.19. The zero-order valence-corrected chi connectivity index (χ0v) is 10.8. The number of carbonyl (C=O) groups is 1. The summed E-state index contributed by atoms with van der Waals surface area (Å²) in [7, 11) is 3.34. The molecule has 1 aromatic rings. The van der Waals surface area contributed by atoms with Crippen molar-refractivity contribution in [3.8, 4) is 5.75 Å². The molecule has 1 unspecified atom stereocenters. The van der Waals surface area contributed by atoms with Crippen molar-refractivity contribution in [2.45, 2.75) is 25.4 Å². The quantitative estimate of drug-likeness (QED) is 0.769. The van der Waals surface area contributed by atoms with Gasteiger partial charge in [0.05, 0.1) is 13.2 Å². The molecule has 1 fully saturated rings. The van der Waals surface area contributed by atoms with E-state index in [4.69, 9.17) is 9.47 Å². The number of benzene rings is 1. The van der Waals surface area contributed by atoms with Crippen molar-refractivity contribution in [1.82, 2.24) is 0 Å². The van der Waals surface area contributed by atoms with Crippen LogP contribution in [0.1, 0.15) is 24.8 Å². The van der Waals surface area contributed by atoms with Gasteiger partial charge in [-0.25, -0.2) is 0 Å². The Labute approximate surface area is 107 Å². The molecule has 0 heterocycles. The molecule has 0 bridgehead atoms. The summed E-state index contributed by atoms with van der Waals surface area (Å²) in [6, 6.07) is 7.71. The summed E-state index contributed by atoms with van der Waals surface area (Å²) in [5, 5.41) is 0. The summed E-state index contributed by atoms with van der Waals surface area (Å²) in [5.41, 5.74) is 1.84. The number of rotatable bonds is 3. The second-order valence-corrected chi connectivity index (χ2v) is 4.47. The zero-order chi connectivity index (χ0) is 13.0. The summed E-state index contributed by atoms with van der Waals surface area (Å²) in [5.74, 6) is 1.03. The molecule has 1 aliphatic carbocycles. The molecular weight excluding hydrogens is 228 g/mol. The fraction of sp³-hybridized carbons (Fsp3) is 0.400. The lowest BCUT2D eigenvalue weighted by Gasteiger charge is -2.21. The number of carbonyl (C=O) groups excluding carboxylic acids is 1. The number of ketones is 1. The summed E-state index contributed by atoms with van der Waals surface area (Å²) in [6.45, 7) is 0. The molecule has 0 spiro atoms. The Bertz CT molecular complexity index is 463. The molecule has 0 N–H and O–H groups in total. The third-order valence-electron chi connectivity index (χ3n) is 3.27. The van der Waals surface area contributed by atoms with Gasteiger partial charge in [0.25, 0.3) is 0 Å². The summed E-state index contributed by atoms with van der Waals surface area (Å²) >= 11 is 0. The van der Waals surface area contributed by atoms with Gasteiger partial charge in [0.2, 0.25) is 0 Å². The highest BCUT2D eigenvalue weighted by Gasteiger charge is 2.22. The lowest BCUT2D eigenvalue weighted by atomic mass is 9.90. The van der Waals surface area contributed by atoms with Gasteiger partial charge in [-0.05, 0) is 35.8 Å².